The van der Waals surface area contributed by atoms with Crippen molar-refractivity contribution in [3.63, 3.8) is 0 Å². The maximum absolute atomic E-state index is 13.7. The van der Waals surface area contributed by atoms with E-state index < -0.39 is 29.8 Å². The van der Waals surface area contributed by atoms with Crippen LogP contribution in [-0.4, -0.2) is 94.6 Å². The van der Waals surface area contributed by atoms with Gasteiger partial charge in [-0.05, 0) is 155 Å². The predicted octanol–water partition coefficient (Wildman–Crippen LogP) is 16.4. The Kier molecular flexibility index (Phi) is 39.4. The van der Waals surface area contributed by atoms with Crippen LogP contribution in [0.2, 0.25) is 0 Å². The molecular weight excluding hydrogens is 1150 g/mol. The molecule has 0 aromatic heterocycles. The summed E-state index contributed by atoms with van der Waals surface area (Å²) in [6, 6.07) is 24.3. The number of hydrogen-bond acceptors (Lipinski definition) is 17. The lowest BCUT2D eigenvalue weighted by Gasteiger charge is -2.13. The number of benzene rings is 4. The van der Waals surface area contributed by atoms with E-state index in [1.807, 2.05) is 0 Å². The molecule has 0 saturated carbocycles. The minimum absolute atomic E-state index is 0.0495. The van der Waals surface area contributed by atoms with Crippen molar-refractivity contribution in [3.8, 4) is 28.7 Å². The number of carbonyl (C=O) groups is 7. The van der Waals surface area contributed by atoms with E-state index >= 15 is 0 Å². The van der Waals surface area contributed by atoms with Gasteiger partial charge < -0.3 is 47.4 Å². The van der Waals surface area contributed by atoms with E-state index in [0.29, 0.717) is 81.9 Å². The second-order valence-electron chi connectivity index (χ2n) is 21.8. The lowest BCUT2D eigenvalue weighted by atomic mass is 10.1. The van der Waals surface area contributed by atoms with Crippen LogP contribution in [0.15, 0.2) is 129 Å². The summed E-state index contributed by atoms with van der Waals surface area (Å²) < 4.78 is 55.4. The second kappa shape index (κ2) is 47.7. The molecule has 4 aromatic rings. The van der Waals surface area contributed by atoms with Gasteiger partial charge in [0.1, 0.15) is 34.3 Å². The molecule has 0 aliphatic rings. The minimum Gasteiger partial charge on any atom is -0.494 e. The van der Waals surface area contributed by atoms with E-state index in [4.69, 9.17) is 47.4 Å². The average molecular weight is 1250 g/mol. The van der Waals surface area contributed by atoms with Gasteiger partial charge in [0.05, 0.1) is 69.5 Å². The van der Waals surface area contributed by atoms with E-state index in [2.05, 4.69) is 19.7 Å². The van der Waals surface area contributed by atoms with Crippen molar-refractivity contribution in [3.05, 3.63) is 151 Å². The van der Waals surface area contributed by atoms with Crippen molar-refractivity contribution in [2.45, 2.75) is 180 Å². The van der Waals surface area contributed by atoms with Crippen LogP contribution in [0.4, 0.5) is 0 Å². The molecule has 90 heavy (non-hydrogen) atoms. The van der Waals surface area contributed by atoms with Gasteiger partial charge in [0.25, 0.3) is 0 Å². The van der Waals surface area contributed by atoms with E-state index in [9.17, 15) is 33.6 Å². The molecule has 0 amide bonds. The van der Waals surface area contributed by atoms with Gasteiger partial charge in [-0.15, -0.1) is 0 Å². The number of hydrogen-bond donors (Lipinski definition) is 0. The number of esters is 7. The van der Waals surface area contributed by atoms with Crippen molar-refractivity contribution in [2.75, 3.05) is 52.9 Å². The Morgan fingerprint density at radius 3 is 0.844 bits per heavy atom. The molecule has 0 radical (unpaired) electrons. The Hall–Kier alpha value is -8.21. The average Bonchev–Trinajstić information content (AvgIpc) is 1.60. The van der Waals surface area contributed by atoms with E-state index in [1.165, 1.54) is 36.8 Å². The SMILES string of the molecule is C=CC(=O)OCCCCCCCCCCCOc1ccc(C(=O)Oc2ccc(OC(=O)c3ccc(OCCCCCCCCCCCOC(=O)C=C)cc3)c(C(=O)OCCCCCCCCOC(=O)c3ccc(OCCCCCCOC(=O)C=C)cc3)c2)cc1. The van der Waals surface area contributed by atoms with Gasteiger partial charge in [-0.2, -0.15) is 0 Å². The summed E-state index contributed by atoms with van der Waals surface area (Å²) in [7, 11) is 0. The molecule has 0 unspecified atom stereocenters. The highest BCUT2D eigenvalue weighted by Gasteiger charge is 2.21. The maximum Gasteiger partial charge on any atom is 0.343 e. The van der Waals surface area contributed by atoms with Gasteiger partial charge in [0.2, 0.25) is 0 Å². The zero-order valence-corrected chi connectivity index (χ0v) is 52.9. The molecule has 0 bridgehead atoms. The largest absolute Gasteiger partial charge is 0.494 e. The highest BCUT2D eigenvalue weighted by atomic mass is 16.6. The fraction of sp³-hybridized carbons (Fsp3) is 0.493. The van der Waals surface area contributed by atoms with Crippen molar-refractivity contribution in [1.82, 2.24) is 0 Å². The molecule has 0 saturated heterocycles. The second-order valence-corrected chi connectivity index (χ2v) is 21.8. The standard InChI is InChI=1S/C73H96O17/c1-4-67(74)84-52-30-21-15-11-7-9-13-19-27-49-81-62-43-37-59(38-44-62)71(78)89-64-47-48-66(90-72(79)60-39-45-63(46-40-60)82-50-28-20-14-10-8-12-16-22-31-53-85-68(75)5-2)65(57-64)73(80)88-56-34-24-18-17-23-33-55-87-70(77)58-35-41-61(42-36-58)83-51-29-25-26-32-54-86-69(76)6-3/h4-6,35-48,57H,1-3,7-34,49-56H2. The highest BCUT2D eigenvalue weighted by Crippen LogP contribution is 2.28. The Morgan fingerprint density at radius 2 is 0.522 bits per heavy atom. The lowest BCUT2D eigenvalue weighted by molar-refractivity contribution is -0.138. The summed E-state index contributed by atoms with van der Waals surface area (Å²) >= 11 is 0. The summed E-state index contributed by atoms with van der Waals surface area (Å²) in [4.78, 5) is 86.6. The van der Waals surface area contributed by atoms with E-state index in [1.54, 1.807) is 72.8 Å². The van der Waals surface area contributed by atoms with E-state index in [0.717, 1.165) is 167 Å². The Balaban J connectivity index is 1.19. The molecule has 0 heterocycles. The molecule has 17 nitrogen and oxygen atoms in total. The van der Waals surface area contributed by atoms with Gasteiger partial charge in [-0.1, -0.05) is 135 Å². The predicted molar refractivity (Wildman–Crippen MR) is 345 cm³/mol. The third kappa shape index (κ3) is 33.9. The van der Waals surface area contributed by atoms with Crippen LogP contribution >= 0.6 is 0 Å². The first kappa shape index (κ1) is 74.3. The van der Waals surface area contributed by atoms with Crippen LogP contribution in [-0.2, 0) is 38.1 Å². The van der Waals surface area contributed by atoms with Crippen LogP contribution in [0.3, 0.4) is 0 Å². The number of rotatable bonds is 52. The molecule has 490 valence electrons. The van der Waals surface area contributed by atoms with Gasteiger partial charge in [-0.25, -0.2) is 33.6 Å². The fourth-order valence-corrected chi connectivity index (χ4v) is 9.32. The molecule has 4 rings (SSSR count). The molecule has 0 aliphatic heterocycles. The zero-order chi connectivity index (χ0) is 64.5. The number of carbonyl (C=O) groups excluding carboxylic acids is 7. The van der Waals surface area contributed by atoms with Crippen molar-refractivity contribution >= 4 is 41.8 Å². The normalized spacial score (nSPS) is 10.7. The summed E-state index contributed by atoms with van der Waals surface area (Å²) in [5.74, 6) is -1.79. The summed E-state index contributed by atoms with van der Waals surface area (Å²) in [5, 5.41) is 0. The maximum atomic E-state index is 13.7. The first-order valence-electron chi connectivity index (χ1n) is 32.5. The van der Waals surface area contributed by atoms with Gasteiger partial charge in [-0.3, -0.25) is 0 Å². The van der Waals surface area contributed by atoms with Crippen LogP contribution in [0.25, 0.3) is 0 Å². The van der Waals surface area contributed by atoms with Crippen LogP contribution in [0.1, 0.15) is 221 Å². The fourth-order valence-electron chi connectivity index (χ4n) is 9.32. The lowest BCUT2D eigenvalue weighted by Crippen LogP contribution is -2.14. The quantitative estimate of drug-likeness (QED) is 0.0132. The topological polar surface area (TPSA) is 212 Å². The Labute approximate surface area is 533 Å². The first-order chi connectivity index (χ1) is 44.0. The summed E-state index contributed by atoms with van der Waals surface area (Å²) in [6.07, 6.45) is 30.8. The van der Waals surface area contributed by atoms with Crippen LogP contribution in [0, 0.1) is 0 Å². The van der Waals surface area contributed by atoms with E-state index in [-0.39, 0.29) is 46.7 Å². The number of ether oxygens (including phenoxy) is 10. The van der Waals surface area contributed by atoms with Crippen molar-refractivity contribution in [2.24, 2.45) is 0 Å². The molecule has 17 heteroatoms. The molecular formula is C73H96O17. The van der Waals surface area contributed by atoms with Gasteiger partial charge in [0, 0.05) is 18.2 Å². The van der Waals surface area contributed by atoms with Crippen LogP contribution in [0.5, 0.6) is 28.7 Å². The number of unbranched alkanes of at least 4 members (excludes halogenated alkanes) is 24. The Morgan fingerprint density at radius 1 is 0.267 bits per heavy atom. The Bertz CT molecular complexity index is 2730. The molecule has 0 N–H and O–H groups in total. The van der Waals surface area contributed by atoms with Crippen molar-refractivity contribution < 1.29 is 80.9 Å². The molecule has 0 fully saturated rings. The first-order valence-corrected chi connectivity index (χ1v) is 32.5. The monoisotopic (exact) mass is 1240 g/mol. The highest BCUT2D eigenvalue weighted by molar-refractivity contribution is 5.97. The van der Waals surface area contributed by atoms with Gasteiger partial charge in [0.15, 0.2) is 0 Å². The minimum atomic E-state index is -0.753. The summed E-state index contributed by atoms with van der Waals surface area (Å²) in [6.45, 7) is 13.5. The zero-order valence-electron chi connectivity index (χ0n) is 52.9. The van der Waals surface area contributed by atoms with Gasteiger partial charge >= 0.3 is 41.8 Å². The molecule has 0 atom stereocenters. The molecule has 0 aliphatic carbocycles. The third-order valence-electron chi connectivity index (χ3n) is 14.5. The smallest absolute Gasteiger partial charge is 0.343 e. The van der Waals surface area contributed by atoms with Crippen molar-refractivity contribution in [1.29, 1.82) is 0 Å². The summed E-state index contributed by atoms with van der Waals surface area (Å²) in [5.41, 5.74) is 0.861. The third-order valence-corrected chi connectivity index (χ3v) is 14.5. The molecule has 0 spiro atoms. The molecule has 4 aromatic carbocycles. The van der Waals surface area contributed by atoms with Crippen LogP contribution < -0.4 is 23.7 Å².